The van der Waals surface area contributed by atoms with Crippen LogP contribution < -0.4 is 10.3 Å². The molecule has 0 radical (unpaired) electrons. The molecule has 1 atom stereocenters. The molecule has 0 unspecified atom stereocenters. The lowest BCUT2D eigenvalue weighted by Gasteiger charge is -2.30. The number of anilines is 1. The summed E-state index contributed by atoms with van der Waals surface area (Å²) in [4.78, 5) is 58.7. The van der Waals surface area contributed by atoms with Crippen LogP contribution in [0.2, 0.25) is 0 Å². The average molecular weight is 513 g/mol. The van der Waals surface area contributed by atoms with Gasteiger partial charge in [-0.3, -0.25) is 19.2 Å². The van der Waals surface area contributed by atoms with Gasteiger partial charge in [-0.2, -0.15) is 5.10 Å². The summed E-state index contributed by atoms with van der Waals surface area (Å²) in [6.45, 7) is 3.45. The van der Waals surface area contributed by atoms with Gasteiger partial charge < -0.3 is 5.11 Å². The number of fused-ring (bicyclic) bond motifs is 1. The molecule has 2 N–H and O–H groups in total. The number of aryl methyl sites for hydroxylation is 2. The topological polar surface area (TPSA) is 129 Å². The fourth-order valence-corrected chi connectivity index (χ4v) is 5.31. The number of hydrazone groups is 1. The summed E-state index contributed by atoms with van der Waals surface area (Å²) in [5.41, 5.74) is 3.96. The number of nitrogens with one attached hydrogen (secondary N) is 1. The normalized spacial score (nSPS) is 17.0. The van der Waals surface area contributed by atoms with E-state index in [1.54, 1.807) is 56.3 Å². The van der Waals surface area contributed by atoms with Crippen LogP contribution >= 0.6 is 11.3 Å². The highest BCUT2D eigenvalue weighted by molar-refractivity contribution is 7.19. The summed E-state index contributed by atoms with van der Waals surface area (Å²) in [5, 5.41) is 14.3. The Bertz CT molecular complexity index is 1590. The maximum Gasteiger partial charge on any atom is 0.302 e. The second kappa shape index (κ2) is 9.40. The number of hydrogen-bond donors (Lipinski definition) is 2. The molecule has 1 fully saturated rings. The summed E-state index contributed by atoms with van der Waals surface area (Å²) >= 11 is 1.16. The third-order valence-corrected chi connectivity index (χ3v) is 7.12. The van der Waals surface area contributed by atoms with Crippen LogP contribution in [0.3, 0.4) is 0 Å². The molecule has 9 nitrogen and oxygen atoms in total. The number of nitrogens with zero attached hydrogens (tertiary/aromatic N) is 3. The van der Waals surface area contributed by atoms with E-state index < -0.39 is 29.4 Å². The molecule has 5 rings (SSSR count). The first kappa shape index (κ1) is 24.0. The minimum atomic E-state index is -1.40. The van der Waals surface area contributed by atoms with Crippen LogP contribution in [-0.4, -0.2) is 39.3 Å². The summed E-state index contributed by atoms with van der Waals surface area (Å²) in [6, 6.07) is 18.2. The number of carbonyl (C=O) groups is 4. The van der Waals surface area contributed by atoms with Crippen LogP contribution in [0.25, 0.3) is 10.2 Å². The van der Waals surface area contributed by atoms with Crippen molar-refractivity contribution in [3.8, 4) is 5.75 Å². The molecule has 37 heavy (non-hydrogen) atoms. The Balaban J connectivity index is 1.63. The predicted molar refractivity (Wildman–Crippen MR) is 139 cm³/mol. The van der Waals surface area contributed by atoms with E-state index >= 15 is 0 Å². The Morgan fingerprint density at radius 3 is 2.32 bits per heavy atom. The molecule has 3 amide bonds. The molecule has 0 bridgehead atoms. The average Bonchev–Trinajstić information content (AvgIpc) is 3.31. The zero-order valence-electron chi connectivity index (χ0n) is 19.8. The molecule has 2 heterocycles. The Morgan fingerprint density at radius 1 is 0.946 bits per heavy atom. The van der Waals surface area contributed by atoms with Crippen molar-refractivity contribution in [1.82, 2.24) is 10.4 Å². The maximum atomic E-state index is 13.8. The molecule has 184 valence electrons. The van der Waals surface area contributed by atoms with Gasteiger partial charge in [0.05, 0.1) is 21.5 Å². The molecule has 0 aliphatic carbocycles. The van der Waals surface area contributed by atoms with Crippen LogP contribution in [0, 0.1) is 13.8 Å². The SMILES string of the molecule is Cc1cccc(C)c1N1C(=O)C(=O)[C@H](c2nc3ccccc3s2)/C(=N/NC(=O)c2ccccc2O)C1=O. The number of phenolic OH excluding ortho intramolecular Hbond substituents is 1. The number of amides is 3. The highest BCUT2D eigenvalue weighted by atomic mass is 32.1. The van der Waals surface area contributed by atoms with Gasteiger partial charge in [-0.25, -0.2) is 15.3 Å². The lowest BCUT2D eigenvalue weighted by molar-refractivity contribution is -0.139. The number of ketones is 1. The molecule has 1 aromatic heterocycles. The Kier molecular flexibility index (Phi) is 6.10. The first-order chi connectivity index (χ1) is 17.8. The van der Waals surface area contributed by atoms with Crippen LogP contribution in [-0.2, 0) is 14.4 Å². The minimum absolute atomic E-state index is 0.0688. The molecular formula is C27H20N4O5S. The first-order valence-electron chi connectivity index (χ1n) is 11.3. The van der Waals surface area contributed by atoms with Gasteiger partial charge in [0.1, 0.15) is 22.4 Å². The van der Waals surface area contributed by atoms with Gasteiger partial charge in [0.15, 0.2) is 0 Å². The summed E-state index contributed by atoms with van der Waals surface area (Å²) in [6.07, 6.45) is 0. The molecule has 10 heteroatoms. The number of thiazole rings is 1. The van der Waals surface area contributed by atoms with E-state index in [9.17, 15) is 24.3 Å². The zero-order valence-corrected chi connectivity index (χ0v) is 20.6. The van der Waals surface area contributed by atoms with Crippen LogP contribution in [0.15, 0.2) is 71.8 Å². The van der Waals surface area contributed by atoms with Gasteiger partial charge in [0.2, 0.25) is 5.78 Å². The molecule has 1 saturated heterocycles. The minimum Gasteiger partial charge on any atom is -0.507 e. The van der Waals surface area contributed by atoms with E-state index in [0.717, 1.165) is 20.9 Å². The predicted octanol–water partition coefficient (Wildman–Crippen LogP) is 3.63. The number of rotatable bonds is 4. The number of para-hydroxylation sites is 3. The van der Waals surface area contributed by atoms with E-state index in [0.29, 0.717) is 16.6 Å². The lowest BCUT2D eigenvalue weighted by Crippen LogP contribution is -2.55. The van der Waals surface area contributed by atoms with E-state index in [1.165, 1.54) is 12.1 Å². The smallest absolute Gasteiger partial charge is 0.302 e. The number of Topliss-reactive ketones (excluding diaryl/α,β-unsaturated/α-hetero) is 1. The van der Waals surface area contributed by atoms with Crippen molar-refractivity contribution in [1.29, 1.82) is 0 Å². The van der Waals surface area contributed by atoms with Crippen molar-refractivity contribution < 1.29 is 24.3 Å². The maximum absolute atomic E-state index is 13.8. The Morgan fingerprint density at radius 2 is 1.62 bits per heavy atom. The highest BCUT2D eigenvalue weighted by Gasteiger charge is 2.49. The molecule has 0 saturated carbocycles. The molecule has 1 aliphatic rings. The highest BCUT2D eigenvalue weighted by Crippen LogP contribution is 2.35. The first-order valence-corrected chi connectivity index (χ1v) is 12.1. The number of aromatic nitrogens is 1. The fraction of sp³-hybridized carbons (Fsp3) is 0.111. The number of carbonyl (C=O) groups excluding carboxylic acids is 4. The van der Waals surface area contributed by atoms with Crippen LogP contribution in [0.1, 0.15) is 32.4 Å². The van der Waals surface area contributed by atoms with Crippen molar-refractivity contribution in [2.24, 2.45) is 5.10 Å². The molecule has 0 spiro atoms. The van der Waals surface area contributed by atoms with Crippen LogP contribution in [0.4, 0.5) is 5.69 Å². The number of aromatic hydroxyl groups is 1. The van der Waals surface area contributed by atoms with Gasteiger partial charge in [-0.05, 0) is 49.2 Å². The van der Waals surface area contributed by atoms with Crippen LogP contribution in [0.5, 0.6) is 5.75 Å². The zero-order chi connectivity index (χ0) is 26.3. The van der Waals surface area contributed by atoms with Crippen molar-refractivity contribution in [3.05, 3.63) is 88.4 Å². The van der Waals surface area contributed by atoms with Gasteiger partial charge >= 0.3 is 5.91 Å². The van der Waals surface area contributed by atoms with Crippen molar-refractivity contribution >= 4 is 56.5 Å². The van der Waals surface area contributed by atoms with Gasteiger partial charge in [-0.15, -0.1) is 11.3 Å². The Labute approximate surface area is 215 Å². The van der Waals surface area contributed by atoms with E-state index in [4.69, 9.17) is 0 Å². The largest absolute Gasteiger partial charge is 0.507 e. The van der Waals surface area contributed by atoms with Gasteiger partial charge in [-0.1, -0.05) is 42.5 Å². The van der Waals surface area contributed by atoms with E-state index in [2.05, 4.69) is 15.5 Å². The summed E-state index contributed by atoms with van der Waals surface area (Å²) in [7, 11) is 0. The second-order valence-electron chi connectivity index (χ2n) is 8.46. The molecule has 4 aromatic rings. The van der Waals surface area contributed by atoms with E-state index in [1.807, 2.05) is 12.1 Å². The second-order valence-corrected chi connectivity index (χ2v) is 9.52. The molecule has 3 aromatic carbocycles. The third-order valence-electron chi connectivity index (χ3n) is 6.02. The van der Waals surface area contributed by atoms with Crippen molar-refractivity contribution in [3.63, 3.8) is 0 Å². The van der Waals surface area contributed by atoms with Gasteiger partial charge in [0, 0.05) is 0 Å². The number of piperidine rings is 1. The quantitative estimate of drug-likeness (QED) is 0.244. The third kappa shape index (κ3) is 4.17. The standard InChI is InChI=1S/C27H20N4O5S/c1-14-8-7-9-15(2)22(14)31-26(35)21(29-30-24(34)16-10-3-5-12-18(16)32)20(23(33)27(31)36)25-28-17-11-4-6-13-19(17)37-25/h3-13,20,32H,1-2H3,(H,30,34)/b29-21-/t20-/m1/s1. The number of imide groups is 1. The summed E-state index contributed by atoms with van der Waals surface area (Å²) in [5.74, 6) is -5.20. The number of hydrogen-bond acceptors (Lipinski definition) is 8. The van der Waals surface area contributed by atoms with E-state index in [-0.39, 0.29) is 27.7 Å². The Hall–Kier alpha value is -4.70. The van der Waals surface area contributed by atoms with Crippen molar-refractivity contribution in [2.45, 2.75) is 19.8 Å². The lowest BCUT2D eigenvalue weighted by atomic mass is 9.91. The molecule has 1 aliphatic heterocycles. The number of phenols is 1. The summed E-state index contributed by atoms with van der Waals surface area (Å²) < 4.78 is 0.764. The molecular weight excluding hydrogens is 492 g/mol. The monoisotopic (exact) mass is 512 g/mol. The number of benzene rings is 3. The van der Waals surface area contributed by atoms with Gasteiger partial charge in [0.25, 0.3) is 11.8 Å². The fourth-order valence-electron chi connectivity index (χ4n) is 4.24. The van der Waals surface area contributed by atoms with Crippen molar-refractivity contribution in [2.75, 3.05) is 4.90 Å².